The van der Waals surface area contributed by atoms with E-state index >= 15 is 0 Å². The summed E-state index contributed by atoms with van der Waals surface area (Å²) < 4.78 is 41.1. The molecular formula is C22H27F3N2O. The minimum absolute atomic E-state index is 0.0536. The van der Waals surface area contributed by atoms with Crippen LogP contribution in [0, 0.1) is 0 Å². The highest BCUT2D eigenvalue weighted by Crippen LogP contribution is 2.38. The number of benzene rings is 2. The zero-order chi connectivity index (χ0) is 20.1. The van der Waals surface area contributed by atoms with Gasteiger partial charge in [-0.2, -0.15) is 13.2 Å². The van der Waals surface area contributed by atoms with Crippen molar-refractivity contribution in [2.24, 2.45) is 0 Å². The van der Waals surface area contributed by atoms with Crippen molar-refractivity contribution >= 4 is 16.7 Å². The van der Waals surface area contributed by atoms with E-state index in [1.165, 1.54) is 37.3 Å². The minimum Gasteiger partial charge on any atom is -0.288 e. The Balaban J connectivity index is 1.77. The summed E-state index contributed by atoms with van der Waals surface area (Å²) in [5.74, 6) is -0.376. The van der Waals surface area contributed by atoms with Crippen LogP contribution in [0.4, 0.5) is 13.2 Å². The van der Waals surface area contributed by atoms with Crippen LogP contribution < -0.4 is 5.43 Å². The molecule has 1 atom stereocenters. The highest BCUT2D eigenvalue weighted by molar-refractivity contribution is 5.84. The number of amides is 1. The standard InChI is InChI=1S/C22H27F3N2O/c1-2-3-4-5-6-7-16-8-9-18-15-19(11-10-17(18)14-16)21(22(23,24)25)27-13-12-20(28)26-27/h8-11,14-15,21H,2-7,12-13H2,1H3,(H,26,28). The van der Waals surface area contributed by atoms with Crippen molar-refractivity contribution in [3.05, 3.63) is 47.5 Å². The van der Waals surface area contributed by atoms with Crippen molar-refractivity contribution in [2.45, 2.75) is 64.1 Å². The van der Waals surface area contributed by atoms with Gasteiger partial charge in [-0.25, -0.2) is 5.01 Å². The van der Waals surface area contributed by atoms with E-state index in [4.69, 9.17) is 0 Å². The van der Waals surface area contributed by atoms with Crippen LogP contribution in [0.2, 0.25) is 0 Å². The Kier molecular flexibility index (Phi) is 6.60. The van der Waals surface area contributed by atoms with Crippen LogP contribution in [0.25, 0.3) is 10.8 Å². The minimum atomic E-state index is -4.47. The van der Waals surface area contributed by atoms with Gasteiger partial charge in [0.05, 0.1) is 0 Å². The summed E-state index contributed by atoms with van der Waals surface area (Å²) in [5.41, 5.74) is 3.69. The van der Waals surface area contributed by atoms with Gasteiger partial charge in [0.25, 0.3) is 0 Å². The lowest BCUT2D eigenvalue weighted by atomic mass is 9.98. The Labute approximate surface area is 163 Å². The molecule has 3 nitrogen and oxygen atoms in total. The van der Waals surface area contributed by atoms with E-state index in [0.29, 0.717) is 0 Å². The summed E-state index contributed by atoms with van der Waals surface area (Å²) in [6, 6.07) is 9.00. The van der Waals surface area contributed by atoms with Gasteiger partial charge in [-0.1, -0.05) is 62.9 Å². The normalized spacial score (nSPS) is 16.5. The predicted molar refractivity (Wildman–Crippen MR) is 105 cm³/mol. The van der Waals surface area contributed by atoms with Crippen LogP contribution in [-0.4, -0.2) is 23.6 Å². The van der Waals surface area contributed by atoms with E-state index in [9.17, 15) is 18.0 Å². The molecule has 2 aromatic rings. The fraction of sp³-hybridized carbons (Fsp3) is 0.500. The van der Waals surface area contributed by atoms with Gasteiger partial charge in [0, 0.05) is 13.0 Å². The van der Waals surface area contributed by atoms with Crippen LogP contribution >= 0.6 is 0 Å². The number of alkyl halides is 3. The number of hydrogen-bond donors (Lipinski definition) is 1. The number of fused-ring (bicyclic) bond motifs is 1. The fourth-order valence-electron chi connectivity index (χ4n) is 3.81. The van der Waals surface area contributed by atoms with Crippen molar-refractivity contribution in [3.8, 4) is 0 Å². The van der Waals surface area contributed by atoms with Gasteiger partial charge < -0.3 is 0 Å². The van der Waals surface area contributed by atoms with Gasteiger partial charge in [0.1, 0.15) is 6.04 Å². The molecule has 1 heterocycles. The Morgan fingerprint density at radius 1 is 1.04 bits per heavy atom. The average Bonchev–Trinajstić information content (AvgIpc) is 3.06. The van der Waals surface area contributed by atoms with Crippen molar-refractivity contribution in [3.63, 3.8) is 0 Å². The Hall–Kier alpha value is -2.08. The Bertz CT molecular complexity index is 819. The molecule has 0 bridgehead atoms. The molecule has 0 saturated carbocycles. The Morgan fingerprint density at radius 2 is 1.75 bits per heavy atom. The molecule has 6 heteroatoms. The maximum absolute atomic E-state index is 13.7. The lowest BCUT2D eigenvalue weighted by Crippen LogP contribution is -2.43. The second-order valence-corrected chi connectivity index (χ2v) is 7.53. The van der Waals surface area contributed by atoms with Crippen LogP contribution in [0.3, 0.4) is 0 Å². The van der Waals surface area contributed by atoms with Crippen molar-refractivity contribution < 1.29 is 18.0 Å². The van der Waals surface area contributed by atoms with Gasteiger partial charge in [-0.15, -0.1) is 0 Å². The molecule has 28 heavy (non-hydrogen) atoms. The lowest BCUT2D eigenvalue weighted by molar-refractivity contribution is -0.191. The van der Waals surface area contributed by atoms with Crippen molar-refractivity contribution in [2.75, 3.05) is 6.54 Å². The van der Waals surface area contributed by atoms with Gasteiger partial charge in [0.15, 0.2) is 0 Å². The zero-order valence-corrected chi connectivity index (χ0v) is 16.2. The SMILES string of the molecule is CCCCCCCc1ccc2cc(C(N3CCC(=O)N3)C(F)(F)F)ccc2c1. The first-order chi connectivity index (χ1) is 13.4. The molecule has 1 aliphatic rings. The monoisotopic (exact) mass is 392 g/mol. The smallest absolute Gasteiger partial charge is 0.288 e. The Morgan fingerprint density at radius 3 is 2.43 bits per heavy atom. The number of nitrogens with zero attached hydrogens (tertiary/aromatic N) is 1. The second kappa shape index (κ2) is 8.95. The van der Waals surface area contributed by atoms with Gasteiger partial charge in [-0.3, -0.25) is 10.2 Å². The summed E-state index contributed by atoms with van der Waals surface area (Å²) >= 11 is 0. The molecule has 0 radical (unpaired) electrons. The average molecular weight is 392 g/mol. The summed E-state index contributed by atoms with van der Waals surface area (Å²) in [4.78, 5) is 11.4. The maximum Gasteiger partial charge on any atom is 0.409 e. The summed E-state index contributed by atoms with van der Waals surface area (Å²) in [7, 11) is 0. The maximum atomic E-state index is 13.7. The third kappa shape index (κ3) is 5.04. The summed E-state index contributed by atoms with van der Waals surface area (Å²) in [6.45, 7) is 2.25. The second-order valence-electron chi connectivity index (χ2n) is 7.53. The molecule has 0 aromatic heterocycles. The number of hydrogen-bond acceptors (Lipinski definition) is 2. The third-order valence-corrected chi connectivity index (χ3v) is 5.28. The number of carbonyl (C=O) groups is 1. The van der Waals surface area contributed by atoms with E-state index in [-0.39, 0.29) is 24.4 Å². The van der Waals surface area contributed by atoms with Crippen LogP contribution in [0.15, 0.2) is 36.4 Å². The first-order valence-corrected chi connectivity index (χ1v) is 10.0. The van der Waals surface area contributed by atoms with Gasteiger partial charge >= 0.3 is 6.18 Å². The van der Waals surface area contributed by atoms with Crippen LogP contribution in [0.1, 0.15) is 62.6 Å². The fourth-order valence-corrected chi connectivity index (χ4v) is 3.81. The number of hydrazine groups is 1. The van der Waals surface area contributed by atoms with E-state index in [1.54, 1.807) is 12.1 Å². The first-order valence-electron chi connectivity index (χ1n) is 10.0. The van der Waals surface area contributed by atoms with Gasteiger partial charge in [0.2, 0.25) is 5.91 Å². The van der Waals surface area contributed by atoms with E-state index in [1.807, 2.05) is 12.1 Å². The molecular weight excluding hydrogens is 365 g/mol. The molecule has 0 spiro atoms. The van der Waals surface area contributed by atoms with E-state index in [0.717, 1.165) is 28.6 Å². The molecule has 1 aliphatic heterocycles. The number of aryl methyl sites for hydroxylation is 1. The molecule has 1 fully saturated rings. The molecule has 2 aromatic carbocycles. The molecule has 3 rings (SSSR count). The molecule has 1 unspecified atom stereocenters. The predicted octanol–water partition coefficient (Wildman–Crippen LogP) is 5.69. The number of halogens is 3. The molecule has 152 valence electrons. The molecule has 1 N–H and O–H groups in total. The lowest BCUT2D eigenvalue weighted by Gasteiger charge is -2.29. The van der Waals surface area contributed by atoms with Crippen LogP contribution in [0.5, 0.6) is 0 Å². The summed E-state index contributed by atoms with van der Waals surface area (Å²) in [6.07, 6.45) is 2.68. The van der Waals surface area contributed by atoms with Crippen LogP contribution in [-0.2, 0) is 11.2 Å². The van der Waals surface area contributed by atoms with E-state index in [2.05, 4.69) is 18.4 Å². The largest absolute Gasteiger partial charge is 0.409 e. The zero-order valence-electron chi connectivity index (χ0n) is 16.2. The van der Waals surface area contributed by atoms with Crippen molar-refractivity contribution in [1.82, 2.24) is 10.4 Å². The third-order valence-electron chi connectivity index (χ3n) is 5.28. The van der Waals surface area contributed by atoms with Crippen molar-refractivity contribution in [1.29, 1.82) is 0 Å². The highest BCUT2D eigenvalue weighted by Gasteiger charge is 2.46. The van der Waals surface area contributed by atoms with E-state index < -0.39 is 12.2 Å². The number of nitrogens with one attached hydrogen (secondary N) is 1. The number of rotatable bonds is 8. The molecule has 1 saturated heterocycles. The highest BCUT2D eigenvalue weighted by atomic mass is 19.4. The summed E-state index contributed by atoms with van der Waals surface area (Å²) in [5, 5.41) is 2.72. The molecule has 0 aliphatic carbocycles. The quantitative estimate of drug-likeness (QED) is 0.585. The van der Waals surface area contributed by atoms with Gasteiger partial charge in [-0.05, 0) is 40.8 Å². The number of carbonyl (C=O) groups excluding carboxylic acids is 1. The topological polar surface area (TPSA) is 32.3 Å². The first kappa shape index (κ1) is 20.6. The number of unbranched alkanes of at least 4 members (excludes halogenated alkanes) is 4. The molecule has 1 amide bonds.